The highest BCUT2D eigenvalue weighted by molar-refractivity contribution is 5.74. The Balaban J connectivity index is 1.87. The van der Waals surface area contributed by atoms with Crippen molar-refractivity contribution in [2.45, 2.75) is 39.2 Å². The minimum absolute atomic E-state index is 0.0754. The van der Waals surface area contributed by atoms with E-state index in [0.717, 1.165) is 6.42 Å². The maximum absolute atomic E-state index is 13.4. The summed E-state index contributed by atoms with van der Waals surface area (Å²) in [4.78, 5) is 14.2. The molecule has 6 heteroatoms. The number of alkyl halides is 1. The van der Waals surface area contributed by atoms with Gasteiger partial charge in [0.2, 0.25) is 0 Å². The zero-order valence-corrected chi connectivity index (χ0v) is 13.8. The summed E-state index contributed by atoms with van der Waals surface area (Å²) in [6.45, 7) is 7.33. The SMILES string of the molecule is CC(C)C1CN(C(=O)NCC2(CF)CCOCC2)CCCO1. The second kappa shape index (κ2) is 8.11. The number of hydrogen-bond donors (Lipinski definition) is 1. The lowest BCUT2D eigenvalue weighted by molar-refractivity contribution is 0.00253. The molecule has 2 heterocycles. The van der Waals surface area contributed by atoms with Crippen LogP contribution in [0, 0.1) is 11.3 Å². The number of carbonyl (C=O) groups excluding carboxylic acids is 1. The Hall–Kier alpha value is -0.880. The van der Waals surface area contributed by atoms with Crippen LogP contribution in [0.3, 0.4) is 0 Å². The standard InChI is InChI=1S/C16H29FN2O3/c1-13(2)14-10-19(6-3-7-22-14)15(20)18-12-16(11-17)4-8-21-9-5-16/h13-14H,3-12H2,1-2H3,(H,18,20). The fraction of sp³-hybridized carbons (Fsp3) is 0.938. The smallest absolute Gasteiger partial charge is 0.317 e. The number of ether oxygens (including phenoxy) is 2. The Labute approximate surface area is 132 Å². The molecule has 0 aromatic carbocycles. The van der Waals surface area contributed by atoms with Gasteiger partial charge >= 0.3 is 6.03 Å². The van der Waals surface area contributed by atoms with Crippen molar-refractivity contribution in [2.75, 3.05) is 46.1 Å². The van der Waals surface area contributed by atoms with Gasteiger partial charge < -0.3 is 19.7 Å². The quantitative estimate of drug-likeness (QED) is 0.865. The first-order valence-electron chi connectivity index (χ1n) is 8.34. The first kappa shape index (κ1) is 17.5. The molecule has 0 bridgehead atoms. The van der Waals surface area contributed by atoms with Crippen LogP contribution in [0.4, 0.5) is 9.18 Å². The third-order valence-electron chi connectivity index (χ3n) is 4.79. The second-order valence-corrected chi connectivity index (χ2v) is 6.86. The molecule has 0 aromatic heterocycles. The largest absolute Gasteiger partial charge is 0.381 e. The third kappa shape index (κ3) is 4.56. The number of amides is 2. The molecular formula is C16H29FN2O3. The minimum atomic E-state index is -0.451. The zero-order chi connectivity index (χ0) is 16.0. The predicted molar refractivity (Wildman–Crippen MR) is 82.6 cm³/mol. The normalized spacial score (nSPS) is 25.8. The van der Waals surface area contributed by atoms with Crippen molar-refractivity contribution >= 4 is 6.03 Å². The molecule has 0 aliphatic carbocycles. The number of urea groups is 1. The van der Waals surface area contributed by atoms with E-state index in [2.05, 4.69) is 19.2 Å². The van der Waals surface area contributed by atoms with Gasteiger partial charge in [0.15, 0.2) is 0 Å². The van der Waals surface area contributed by atoms with Crippen molar-refractivity contribution in [3.8, 4) is 0 Å². The van der Waals surface area contributed by atoms with E-state index in [1.165, 1.54) is 0 Å². The van der Waals surface area contributed by atoms with Gasteiger partial charge in [-0.3, -0.25) is 4.39 Å². The van der Waals surface area contributed by atoms with Crippen LogP contribution < -0.4 is 5.32 Å². The van der Waals surface area contributed by atoms with Crippen LogP contribution in [0.15, 0.2) is 0 Å². The second-order valence-electron chi connectivity index (χ2n) is 6.86. The summed E-state index contributed by atoms with van der Waals surface area (Å²) in [6.07, 6.45) is 2.26. The molecule has 2 fully saturated rings. The van der Waals surface area contributed by atoms with Crippen molar-refractivity contribution in [3.63, 3.8) is 0 Å². The molecule has 0 saturated carbocycles. The van der Waals surface area contributed by atoms with E-state index in [1.807, 2.05) is 4.90 Å². The molecular weight excluding hydrogens is 287 g/mol. The average Bonchev–Trinajstić information content (AvgIpc) is 2.80. The maximum Gasteiger partial charge on any atom is 0.317 e. The van der Waals surface area contributed by atoms with Crippen LogP contribution in [-0.2, 0) is 9.47 Å². The summed E-state index contributed by atoms with van der Waals surface area (Å²) in [5.41, 5.74) is -0.451. The molecule has 0 radical (unpaired) electrons. The number of nitrogens with zero attached hydrogens (tertiary/aromatic N) is 1. The number of carbonyl (C=O) groups is 1. The lowest BCUT2D eigenvalue weighted by Crippen LogP contribution is -2.49. The number of rotatable bonds is 4. The van der Waals surface area contributed by atoms with Gasteiger partial charge in [0.25, 0.3) is 0 Å². The van der Waals surface area contributed by atoms with E-state index < -0.39 is 12.1 Å². The predicted octanol–water partition coefficient (Wildman–Crippen LogP) is 2.21. The molecule has 0 spiro atoms. The highest BCUT2D eigenvalue weighted by atomic mass is 19.1. The van der Waals surface area contributed by atoms with Crippen LogP contribution in [0.5, 0.6) is 0 Å². The molecule has 0 aromatic rings. The van der Waals surface area contributed by atoms with Gasteiger partial charge in [0, 0.05) is 44.9 Å². The van der Waals surface area contributed by atoms with E-state index in [4.69, 9.17) is 9.47 Å². The van der Waals surface area contributed by atoms with E-state index in [1.54, 1.807) is 0 Å². The molecule has 128 valence electrons. The van der Waals surface area contributed by atoms with Gasteiger partial charge in [-0.25, -0.2) is 4.79 Å². The van der Waals surface area contributed by atoms with Gasteiger partial charge in [-0.05, 0) is 25.2 Å². The van der Waals surface area contributed by atoms with Crippen LogP contribution in [-0.4, -0.2) is 63.2 Å². The summed E-state index contributed by atoms with van der Waals surface area (Å²) in [7, 11) is 0. The van der Waals surface area contributed by atoms with E-state index >= 15 is 0 Å². The zero-order valence-electron chi connectivity index (χ0n) is 13.8. The lowest BCUT2D eigenvalue weighted by atomic mass is 9.81. The van der Waals surface area contributed by atoms with Crippen molar-refractivity contribution in [2.24, 2.45) is 11.3 Å². The van der Waals surface area contributed by atoms with E-state index in [-0.39, 0.29) is 12.1 Å². The summed E-state index contributed by atoms with van der Waals surface area (Å²) >= 11 is 0. The molecule has 1 unspecified atom stereocenters. The molecule has 2 aliphatic rings. The van der Waals surface area contributed by atoms with Gasteiger partial charge in [-0.1, -0.05) is 13.8 Å². The molecule has 22 heavy (non-hydrogen) atoms. The Morgan fingerprint density at radius 3 is 2.73 bits per heavy atom. The van der Waals surface area contributed by atoms with Crippen molar-refractivity contribution in [1.29, 1.82) is 0 Å². The first-order chi connectivity index (χ1) is 10.6. The Kier molecular flexibility index (Phi) is 6.44. The van der Waals surface area contributed by atoms with Gasteiger partial charge in [-0.2, -0.15) is 0 Å². The molecule has 2 amide bonds. The van der Waals surface area contributed by atoms with Gasteiger partial charge in [0.05, 0.1) is 12.8 Å². The number of nitrogens with one attached hydrogen (secondary N) is 1. The summed E-state index contributed by atoms with van der Waals surface area (Å²) < 4.78 is 24.5. The lowest BCUT2D eigenvalue weighted by Gasteiger charge is -2.35. The fourth-order valence-corrected chi connectivity index (χ4v) is 2.98. The molecule has 2 aliphatic heterocycles. The van der Waals surface area contributed by atoms with Crippen LogP contribution >= 0.6 is 0 Å². The third-order valence-corrected chi connectivity index (χ3v) is 4.79. The van der Waals surface area contributed by atoms with Crippen molar-refractivity contribution in [3.05, 3.63) is 0 Å². The van der Waals surface area contributed by atoms with E-state index in [0.29, 0.717) is 58.2 Å². The molecule has 2 rings (SSSR count). The van der Waals surface area contributed by atoms with E-state index in [9.17, 15) is 9.18 Å². The fourth-order valence-electron chi connectivity index (χ4n) is 2.98. The average molecular weight is 316 g/mol. The summed E-state index contributed by atoms with van der Waals surface area (Å²) in [5, 5.41) is 2.94. The number of halogens is 1. The topological polar surface area (TPSA) is 50.8 Å². The minimum Gasteiger partial charge on any atom is -0.381 e. The monoisotopic (exact) mass is 316 g/mol. The first-order valence-corrected chi connectivity index (χ1v) is 8.34. The Morgan fingerprint density at radius 1 is 1.36 bits per heavy atom. The van der Waals surface area contributed by atoms with Crippen molar-refractivity contribution in [1.82, 2.24) is 10.2 Å². The summed E-state index contributed by atoms with van der Waals surface area (Å²) in [6, 6.07) is -0.101. The Morgan fingerprint density at radius 2 is 2.09 bits per heavy atom. The van der Waals surface area contributed by atoms with Crippen LogP contribution in [0.1, 0.15) is 33.1 Å². The Bertz CT molecular complexity index is 359. The van der Waals surface area contributed by atoms with Crippen LogP contribution in [0.25, 0.3) is 0 Å². The highest BCUT2D eigenvalue weighted by Gasteiger charge is 2.34. The van der Waals surface area contributed by atoms with Gasteiger partial charge in [-0.15, -0.1) is 0 Å². The molecule has 1 atom stereocenters. The number of hydrogen-bond acceptors (Lipinski definition) is 3. The highest BCUT2D eigenvalue weighted by Crippen LogP contribution is 2.30. The van der Waals surface area contributed by atoms with Crippen LogP contribution in [0.2, 0.25) is 0 Å². The molecule has 5 nitrogen and oxygen atoms in total. The molecule has 2 saturated heterocycles. The maximum atomic E-state index is 13.4. The summed E-state index contributed by atoms with van der Waals surface area (Å²) in [5.74, 6) is 0.376. The van der Waals surface area contributed by atoms with Crippen molar-refractivity contribution < 1.29 is 18.7 Å². The molecule has 1 N–H and O–H groups in total. The van der Waals surface area contributed by atoms with Gasteiger partial charge in [0.1, 0.15) is 0 Å².